The number of hydrogen-bond acceptors (Lipinski definition) is 7. The van der Waals surface area contributed by atoms with Crippen LogP contribution < -0.4 is 21.0 Å². The molecule has 12 heteroatoms. The summed E-state index contributed by atoms with van der Waals surface area (Å²) >= 11 is 0. The minimum atomic E-state index is -0.682. The minimum absolute atomic E-state index is 0.0510. The molecular formula is C22H32N6O6. The molecular weight excluding hydrogens is 444 g/mol. The van der Waals surface area contributed by atoms with E-state index in [0.717, 1.165) is 0 Å². The van der Waals surface area contributed by atoms with Crippen molar-refractivity contribution in [1.82, 2.24) is 21.0 Å². The first-order chi connectivity index (χ1) is 16.1. The summed E-state index contributed by atoms with van der Waals surface area (Å²) in [5, 5.41) is 13.1. The molecule has 0 bridgehead atoms. The fourth-order valence-electron chi connectivity index (χ4n) is 2.94. The number of anilines is 1. The van der Waals surface area contributed by atoms with Crippen molar-refractivity contribution in [2.75, 3.05) is 38.7 Å². The first kappa shape index (κ1) is 26.4. The smallest absolute Gasteiger partial charge is 0.433 e. The third kappa shape index (κ3) is 7.94. The Morgan fingerprint density at radius 1 is 1.21 bits per heavy atom. The van der Waals surface area contributed by atoms with E-state index in [-0.39, 0.29) is 36.6 Å². The van der Waals surface area contributed by atoms with Crippen LogP contribution in [-0.2, 0) is 19.2 Å². The van der Waals surface area contributed by atoms with E-state index in [4.69, 9.17) is 15.0 Å². The predicted molar refractivity (Wildman–Crippen MR) is 124 cm³/mol. The second-order valence-corrected chi connectivity index (χ2v) is 8.34. The molecule has 1 aliphatic heterocycles. The molecule has 4 N–H and O–H groups in total. The summed E-state index contributed by atoms with van der Waals surface area (Å²) in [5.74, 6) is -0.518. The number of hydroxylamine groups is 1. The van der Waals surface area contributed by atoms with E-state index in [1.54, 1.807) is 29.2 Å². The van der Waals surface area contributed by atoms with Crippen molar-refractivity contribution in [3.63, 3.8) is 0 Å². The number of urea groups is 1. The maximum atomic E-state index is 12.7. The van der Waals surface area contributed by atoms with Gasteiger partial charge < -0.3 is 30.0 Å². The zero-order valence-corrected chi connectivity index (χ0v) is 19.8. The number of carbonyl (C=O) groups is 4. The molecule has 1 fully saturated rings. The van der Waals surface area contributed by atoms with Gasteiger partial charge in [0.05, 0.1) is 13.0 Å². The van der Waals surface area contributed by atoms with Crippen LogP contribution in [0.5, 0.6) is 0 Å². The van der Waals surface area contributed by atoms with Crippen LogP contribution in [0.4, 0.5) is 15.3 Å². The molecule has 0 spiro atoms. The Labute approximate surface area is 198 Å². The Morgan fingerprint density at radius 2 is 1.88 bits per heavy atom. The van der Waals surface area contributed by atoms with Crippen LogP contribution in [0.2, 0.25) is 0 Å². The lowest BCUT2D eigenvalue weighted by Gasteiger charge is -2.18. The number of amidine groups is 1. The van der Waals surface area contributed by atoms with Gasteiger partial charge in [-0.25, -0.2) is 9.59 Å². The zero-order valence-electron chi connectivity index (χ0n) is 19.8. The Kier molecular flexibility index (Phi) is 9.65. The van der Waals surface area contributed by atoms with Crippen molar-refractivity contribution >= 4 is 35.5 Å². The number of esters is 1. The average molecular weight is 477 g/mol. The number of amides is 4. The van der Waals surface area contributed by atoms with Gasteiger partial charge in [-0.05, 0) is 36.6 Å². The Hall–Kier alpha value is -3.83. The Balaban J connectivity index is 1.80. The maximum absolute atomic E-state index is 12.7. The van der Waals surface area contributed by atoms with Gasteiger partial charge in [0.1, 0.15) is 6.04 Å². The van der Waals surface area contributed by atoms with Gasteiger partial charge in [-0.1, -0.05) is 13.8 Å². The van der Waals surface area contributed by atoms with Crippen LogP contribution in [0, 0.1) is 11.3 Å². The highest BCUT2D eigenvalue weighted by atomic mass is 16.7. The average Bonchev–Trinajstić information content (AvgIpc) is 3.15. The summed E-state index contributed by atoms with van der Waals surface area (Å²) in [6, 6.07) is 5.36. The molecule has 2 rings (SSSR count). The first-order valence-electron chi connectivity index (χ1n) is 10.9. The van der Waals surface area contributed by atoms with E-state index in [0.29, 0.717) is 30.8 Å². The van der Waals surface area contributed by atoms with Crippen LogP contribution in [0.3, 0.4) is 0 Å². The summed E-state index contributed by atoms with van der Waals surface area (Å²) in [5.41, 5.74) is 3.35. The summed E-state index contributed by atoms with van der Waals surface area (Å²) in [6.45, 7) is 4.73. The molecule has 0 radical (unpaired) electrons. The first-order valence-corrected chi connectivity index (χ1v) is 10.9. The fourth-order valence-corrected chi connectivity index (χ4v) is 2.94. The summed E-state index contributed by atoms with van der Waals surface area (Å²) in [6.07, 6.45) is -0.157. The van der Waals surface area contributed by atoms with Gasteiger partial charge in [0.2, 0.25) is 5.91 Å². The van der Waals surface area contributed by atoms with Crippen molar-refractivity contribution in [2.24, 2.45) is 5.92 Å². The van der Waals surface area contributed by atoms with Gasteiger partial charge >= 0.3 is 18.1 Å². The Bertz CT molecular complexity index is 902. The number of ether oxygens (including phenoxy) is 1. The number of carbonyl (C=O) groups excluding carboxylic acids is 4. The van der Waals surface area contributed by atoms with E-state index in [2.05, 4.69) is 16.1 Å². The van der Waals surface area contributed by atoms with Gasteiger partial charge in [-0.3, -0.25) is 15.0 Å². The van der Waals surface area contributed by atoms with Crippen molar-refractivity contribution in [3.05, 3.63) is 29.8 Å². The van der Waals surface area contributed by atoms with Crippen LogP contribution in [0.15, 0.2) is 24.3 Å². The SMILES string of the molecule is CC(C)COC(=O)CCNC(=O)N[C@H]1CCN(c2ccc(C(=N)NOC(=O)N(C)C)cc2)C1=O. The Morgan fingerprint density at radius 3 is 2.50 bits per heavy atom. The number of benzene rings is 1. The number of hydrogen-bond donors (Lipinski definition) is 4. The molecule has 1 aromatic carbocycles. The lowest BCUT2D eigenvalue weighted by atomic mass is 10.2. The molecule has 0 saturated carbocycles. The van der Waals surface area contributed by atoms with Crippen LogP contribution in [0.1, 0.15) is 32.3 Å². The van der Waals surface area contributed by atoms with Gasteiger partial charge in [-0.15, -0.1) is 0 Å². The van der Waals surface area contributed by atoms with E-state index in [9.17, 15) is 19.2 Å². The van der Waals surface area contributed by atoms with Crippen LogP contribution in [-0.4, -0.2) is 74.6 Å². The quantitative estimate of drug-likeness (QED) is 0.190. The predicted octanol–water partition coefficient (Wildman–Crippen LogP) is 1.21. The molecule has 0 aromatic heterocycles. The highest BCUT2D eigenvalue weighted by Gasteiger charge is 2.33. The molecule has 4 amide bonds. The van der Waals surface area contributed by atoms with Gasteiger partial charge in [0.15, 0.2) is 5.84 Å². The van der Waals surface area contributed by atoms with Crippen molar-refractivity contribution in [2.45, 2.75) is 32.7 Å². The van der Waals surface area contributed by atoms with Crippen molar-refractivity contribution in [3.8, 4) is 0 Å². The zero-order chi connectivity index (χ0) is 25.3. The second kappa shape index (κ2) is 12.4. The standard InChI is InChI=1S/C22H32N6O6/c1-14(2)13-33-18(29)9-11-24-21(31)25-17-10-12-28(20(17)30)16-7-5-15(6-8-16)19(23)26-34-22(32)27(3)4/h5-8,14,17H,9-13H2,1-4H3,(H2,23,26)(H2,24,25,31)/t17-/m0/s1. The minimum Gasteiger partial charge on any atom is -0.465 e. The third-order valence-electron chi connectivity index (χ3n) is 4.78. The molecule has 1 atom stereocenters. The van der Waals surface area contributed by atoms with E-state index in [1.807, 2.05) is 13.8 Å². The van der Waals surface area contributed by atoms with Crippen LogP contribution >= 0.6 is 0 Å². The highest BCUT2D eigenvalue weighted by Crippen LogP contribution is 2.22. The molecule has 34 heavy (non-hydrogen) atoms. The maximum Gasteiger partial charge on any atom is 0.433 e. The summed E-state index contributed by atoms with van der Waals surface area (Å²) < 4.78 is 5.04. The molecule has 1 aliphatic rings. The molecule has 186 valence electrons. The number of rotatable bonds is 8. The second-order valence-electron chi connectivity index (χ2n) is 8.34. The molecule has 0 unspecified atom stereocenters. The highest BCUT2D eigenvalue weighted by molar-refractivity contribution is 6.02. The van der Waals surface area contributed by atoms with Gasteiger partial charge in [-0.2, -0.15) is 5.48 Å². The fraction of sp³-hybridized carbons (Fsp3) is 0.500. The van der Waals surface area contributed by atoms with E-state index in [1.165, 1.54) is 19.0 Å². The largest absolute Gasteiger partial charge is 0.465 e. The summed E-state index contributed by atoms with van der Waals surface area (Å²) in [4.78, 5) is 55.4. The molecule has 1 saturated heterocycles. The molecule has 0 aliphatic carbocycles. The number of nitrogens with zero attached hydrogens (tertiary/aromatic N) is 2. The lowest BCUT2D eigenvalue weighted by Crippen LogP contribution is -2.46. The topological polar surface area (TPSA) is 153 Å². The van der Waals surface area contributed by atoms with Gasteiger partial charge in [0.25, 0.3) is 0 Å². The van der Waals surface area contributed by atoms with Crippen molar-refractivity contribution in [1.29, 1.82) is 5.41 Å². The lowest BCUT2D eigenvalue weighted by molar-refractivity contribution is -0.144. The number of nitrogens with one attached hydrogen (secondary N) is 4. The monoisotopic (exact) mass is 476 g/mol. The van der Waals surface area contributed by atoms with Gasteiger partial charge in [0, 0.05) is 38.4 Å². The molecule has 1 heterocycles. The van der Waals surface area contributed by atoms with E-state index >= 15 is 0 Å². The summed E-state index contributed by atoms with van der Waals surface area (Å²) in [7, 11) is 3.04. The molecule has 1 aromatic rings. The third-order valence-corrected chi connectivity index (χ3v) is 4.78. The van der Waals surface area contributed by atoms with Crippen molar-refractivity contribution < 1.29 is 28.8 Å². The van der Waals surface area contributed by atoms with E-state index < -0.39 is 18.2 Å². The van der Waals surface area contributed by atoms with Crippen LogP contribution in [0.25, 0.3) is 0 Å². The normalized spacial score (nSPS) is 15.0. The molecule has 12 nitrogen and oxygen atoms in total.